The second kappa shape index (κ2) is 7.92. The molecule has 2 rings (SSSR count). The van der Waals surface area contributed by atoms with Crippen LogP contribution in [0.4, 0.5) is 23.7 Å². The van der Waals surface area contributed by atoms with Crippen molar-refractivity contribution in [3.8, 4) is 0 Å². The first kappa shape index (κ1) is 17.9. The summed E-state index contributed by atoms with van der Waals surface area (Å²) < 4.78 is 37.6. The molecule has 0 aliphatic rings. The van der Waals surface area contributed by atoms with Crippen molar-refractivity contribution < 1.29 is 18.0 Å². The Morgan fingerprint density at radius 1 is 1.04 bits per heavy atom. The minimum atomic E-state index is -4.33. The zero-order valence-electron chi connectivity index (χ0n) is 12.6. The van der Waals surface area contributed by atoms with Gasteiger partial charge in [-0.15, -0.1) is 6.58 Å². The predicted octanol–water partition coefficient (Wildman–Crippen LogP) is 5.16. The summed E-state index contributed by atoms with van der Waals surface area (Å²) >= 11 is 1.34. The number of alkyl halides is 3. The van der Waals surface area contributed by atoms with Crippen molar-refractivity contribution in [1.82, 2.24) is 5.32 Å². The molecule has 0 atom stereocenters. The Labute approximate surface area is 142 Å². The van der Waals surface area contributed by atoms with Gasteiger partial charge in [0.1, 0.15) is 0 Å². The highest BCUT2D eigenvalue weighted by Gasteiger charge is 2.29. The number of nitrogens with one attached hydrogen (secondary N) is 2. The van der Waals surface area contributed by atoms with Crippen LogP contribution in [-0.4, -0.2) is 12.6 Å². The van der Waals surface area contributed by atoms with Gasteiger partial charge in [-0.25, -0.2) is 4.79 Å². The van der Waals surface area contributed by atoms with Crippen LogP contribution in [-0.2, 0) is 6.18 Å². The SMILES string of the molecule is C=CCNC(=O)Nc1ccc(Sc2ccc(C(F)(F)F)cc2)cc1. The molecule has 7 heteroatoms. The number of carbonyl (C=O) groups is 1. The fourth-order valence-electron chi connectivity index (χ4n) is 1.79. The van der Waals surface area contributed by atoms with Gasteiger partial charge in [-0.05, 0) is 48.5 Å². The second-order valence-electron chi connectivity index (χ2n) is 4.77. The van der Waals surface area contributed by atoms with Gasteiger partial charge >= 0.3 is 12.2 Å². The normalized spacial score (nSPS) is 11.0. The minimum Gasteiger partial charge on any atom is -0.334 e. The Hall–Kier alpha value is -2.41. The van der Waals surface area contributed by atoms with Gasteiger partial charge in [0.15, 0.2) is 0 Å². The van der Waals surface area contributed by atoms with Crippen LogP contribution < -0.4 is 10.6 Å². The largest absolute Gasteiger partial charge is 0.416 e. The first-order valence-electron chi connectivity index (χ1n) is 6.99. The summed E-state index contributed by atoms with van der Waals surface area (Å²) in [4.78, 5) is 13.0. The molecule has 0 bridgehead atoms. The Morgan fingerprint density at radius 3 is 2.08 bits per heavy atom. The maximum absolute atomic E-state index is 12.5. The smallest absolute Gasteiger partial charge is 0.334 e. The van der Waals surface area contributed by atoms with E-state index in [1.807, 2.05) is 0 Å². The molecule has 0 aliphatic heterocycles. The second-order valence-corrected chi connectivity index (χ2v) is 5.92. The van der Waals surface area contributed by atoms with Gasteiger partial charge in [0.2, 0.25) is 0 Å². The molecule has 0 aliphatic carbocycles. The zero-order valence-corrected chi connectivity index (χ0v) is 13.4. The van der Waals surface area contributed by atoms with Crippen molar-refractivity contribution >= 4 is 23.5 Å². The lowest BCUT2D eigenvalue weighted by Crippen LogP contribution is -2.28. The van der Waals surface area contributed by atoms with Gasteiger partial charge < -0.3 is 10.6 Å². The molecule has 126 valence electrons. The maximum atomic E-state index is 12.5. The van der Waals surface area contributed by atoms with E-state index in [0.717, 1.165) is 17.0 Å². The lowest BCUT2D eigenvalue weighted by atomic mass is 10.2. The summed E-state index contributed by atoms with van der Waals surface area (Å²) in [5.74, 6) is 0. The van der Waals surface area contributed by atoms with Crippen LogP contribution in [0, 0.1) is 0 Å². The Morgan fingerprint density at radius 2 is 1.58 bits per heavy atom. The van der Waals surface area contributed by atoms with Crippen molar-refractivity contribution in [2.75, 3.05) is 11.9 Å². The molecule has 0 saturated carbocycles. The number of benzene rings is 2. The number of halogens is 3. The highest BCUT2D eigenvalue weighted by atomic mass is 32.2. The van der Waals surface area contributed by atoms with Crippen LogP contribution in [0.3, 0.4) is 0 Å². The van der Waals surface area contributed by atoms with Gasteiger partial charge in [-0.2, -0.15) is 13.2 Å². The van der Waals surface area contributed by atoms with E-state index in [1.54, 1.807) is 30.3 Å². The summed E-state index contributed by atoms with van der Waals surface area (Å²) in [6, 6.07) is 11.7. The molecule has 0 unspecified atom stereocenters. The molecule has 2 aromatic rings. The van der Waals surface area contributed by atoms with Crippen molar-refractivity contribution in [2.24, 2.45) is 0 Å². The summed E-state index contributed by atoms with van der Waals surface area (Å²) in [6.45, 7) is 3.87. The molecule has 24 heavy (non-hydrogen) atoms. The maximum Gasteiger partial charge on any atom is 0.416 e. The zero-order chi connectivity index (χ0) is 17.6. The predicted molar refractivity (Wildman–Crippen MR) is 89.2 cm³/mol. The van der Waals surface area contributed by atoms with Crippen LogP contribution in [0.5, 0.6) is 0 Å². The monoisotopic (exact) mass is 352 g/mol. The average molecular weight is 352 g/mol. The minimum absolute atomic E-state index is 0.335. The Kier molecular flexibility index (Phi) is 5.92. The molecule has 0 saturated heterocycles. The molecule has 0 aromatic heterocycles. The molecular weight excluding hydrogens is 337 g/mol. The Balaban J connectivity index is 1.96. The molecule has 0 radical (unpaired) electrons. The fraction of sp³-hybridized carbons (Fsp3) is 0.118. The summed E-state index contributed by atoms with van der Waals surface area (Å²) in [5, 5.41) is 5.25. The van der Waals surface area contributed by atoms with Crippen LogP contribution in [0.15, 0.2) is 71.0 Å². The summed E-state index contributed by atoms with van der Waals surface area (Å²) in [6.07, 6.45) is -2.76. The molecule has 2 N–H and O–H groups in total. The van der Waals surface area contributed by atoms with Crippen molar-refractivity contribution in [2.45, 2.75) is 16.0 Å². The average Bonchev–Trinajstić information content (AvgIpc) is 2.54. The number of anilines is 1. The molecule has 2 aromatic carbocycles. The first-order chi connectivity index (χ1) is 11.4. The highest BCUT2D eigenvalue weighted by Crippen LogP contribution is 2.33. The van der Waals surface area contributed by atoms with Crippen LogP contribution in [0.2, 0.25) is 0 Å². The molecule has 0 spiro atoms. The number of hydrogen-bond acceptors (Lipinski definition) is 2. The van der Waals surface area contributed by atoms with E-state index in [0.29, 0.717) is 17.1 Å². The van der Waals surface area contributed by atoms with Crippen LogP contribution >= 0.6 is 11.8 Å². The van der Waals surface area contributed by atoms with E-state index >= 15 is 0 Å². The molecule has 3 nitrogen and oxygen atoms in total. The Bertz CT molecular complexity index is 697. The molecule has 2 amide bonds. The van der Waals surface area contributed by atoms with Crippen molar-refractivity contribution in [1.29, 1.82) is 0 Å². The summed E-state index contributed by atoms with van der Waals surface area (Å²) in [5.41, 5.74) is -0.0507. The van der Waals surface area contributed by atoms with E-state index in [4.69, 9.17) is 0 Å². The third kappa shape index (κ3) is 5.34. The van der Waals surface area contributed by atoms with E-state index in [2.05, 4.69) is 17.2 Å². The molecular formula is C17H15F3N2OS. The summed E-state index contributed by atoms with van der Waals surface area (Å²) in [7, 11) is 0. The standard InChI is InChI=1S/C17H15F3N2OS/c1-2-11-21-16(23)22-13-5-9-15(10-6-13)24-14-7-3-12(4-8-14)17(18,19)20/h2-10H,1,11H2,(H2,21,22,23). The van der Waals surface area contributed by atoms with Crippen LogP contribution in [0.25, 0.3) is 0 Å². The van der Waals surface area contributed by atoms with Gasteiger partial charge in [0.25, 0.3) is 0 Å². The number of carbonyl (C=O) groups excluding carboxylic acids is 1. The molecule has 0 fully saturated rings. The van der Waals surface area contributed by atoms with Crippen LogP contribution in [0.1, 0.15) is 5.56 Å². The fourth-order valence-corrected chi connectivity index (χ4v) is 2.61. The number of rotatable bonds is 5. The lowest BCUT2D eigenvalue weighted by Gasteiger charge is -2.08. The third-order valence-electron chi connectivity index (χ3n) is 2.94. The quantitative estimate of drug-likeness (QED) is 0.730. The van der Waals surface area contributed by atoms with Gasteiger partial charge in [0.05, 0.1) is 5.56 Å². The van der Waals surface area contributed by atoms with E-state index < -0.39 is 11.7 Å². The van der Waals surface area contributed by atoms with Crippen molar-refractivity contribution in [3.05, 3.63) is 66.7 Å². The lowest BCUT2D eigenvalue weighted by molar-refractivity contribution is -0.137. The van der Waals surface area contributed by atoms with Crippen molar-refractivity contribution in [3.63, 3.8) is 0 Å². The number of amides is 2. The van der Waals surface area contributed by atoms with Gasteiger partial charge in [-0.3, -0.25) is 0 Å². The van der Waals surface area contributed by atoms with E-state index in [-0.39, 0.29) is 6.03 Å². The van der Waals surface area contributed by atoms with E-state index in [9.17, 15) is 18.0 Å². The first-order valence-corrected chi connectivity index (χ1v) is 7.81. The van der Waals surface area contributed by atoms with E-state index in [1.165, 1.54) is 23.9 Å². The highest BCUT2D eigenvalue weighted by molar-refractivity contribution is 7.99. The third-order valence-corrected chi connectivity index (χ3v) is 3.95. The number of urea groups is 1. The number of hydrogen-bond donors (Lipinski definition) is 2. The van der Waals surface area contributed by atoms with Gasteiger partial charge in [-0.1, -0.05) is 17.8 Å². The van der Waals surface area contributed by atoms with Gasteiger partial charge in [0, 0.05) is 22.0 Å². The topological polar surface area (TPSA) is 41.1 Å². The molecule has 0 heterocycles.